The molecule has 0 aliphatic carbocycles. The molecule has 1 aliphatic heterocycles. The maximum Gasteiger partial charge on any atom is 0.526 e. The van der Waals surface area contributed by atoms with Crippen LogP contribution in [0.1, 0.15) is 5.56 Å². The van der Waals surface area contributed by atoms with Crippen LogP contribution in [0, 0.1) is 10.1 Å². The Bertz CT molecular complexity index is 692. The van der Waals surface area contributed by atoms with Crippen LogP contribution in [-0.2, 0) is 11.3 Å². The molecule has 1 atom stereocenters. The first kappa shape index (κ1) is 19.4. The third-order valence-corrected chi connectivity index (χ3v) is 3.29. The predicted octanol–water partition coefficient (Wildman–Crippen LogP) is -0.788. The molecule has 130 valence electrons. The fraction of sp³-hybridized carbons (Fsp3) is 0.286. The number of hydrogen-bond donors (Lipinski definition) is 0. The molecular weight excluding hydrogens is 342 g/mol. The van der Waals surface area contributed by atoms with Gasteiger partial charge in [0, 0.05) is 0 Å². The van der Waals surface area contributed by atoms with Gasteiger partial charge in [-0.2, -0.15) is 9.28 Å². The standard InChI is InChI=1S/C14H16N3O6.ClH/c1-17(5-4-15-9-17)14(18)23-8-10-6-12(21-2)13(22-3)7-11(10)16(19)20;/h4-7,9H,8H2,1-3H3;1H/q+1;/p-1. The molecule has 1 heterocycles. The van der Waals surface area contributed by atoms with E-state index >= 15 is 0 Å². The molecule has 0 saturated carbocycles. The summed E-state index contributed by atoms with van der Waals surface area (Å²) in [4.78, 5) is 26.5. The lowest BCUT2D eigenvalue weighted by molar-refractivity contribution is -0.676. The van der Waals surface area contributed by atoms with E-state index in [1.807, 2.05) is 0 Å². The van der Waals surface area contributed by atoms with E-state index < -0.39 is 11.0 Å². The number of nitro benzene ring substituents is 1. The number of carbonyl (C=O) groups is 1. The second-order valence-electron chi connectivity index (χ2n) is 4.86. The number of methoxy groups -OCH3 is 2. The molecule has 1 aromatic carbocycles. The summed E-state index contributed by atoms with van der Waals surface area (Å²) in [6.45, 7) is -0.273. The third-order valence-electron chi connectivity index (χ3n) is 3.29. The molecule has 0 bridgehead atoms. The number of quaternary nitrogens is 1. The molecule has 0 saturated heterocycles. The van der Waals surface area contributed by atoms with Gasteiger partial charge in [-0.05, 0) is 6.07 Å². The molecular formula is C14H16ClN3O6. The summed E-state index contributed by atoms with van der Waals surface area (Å²) in [6.07, 6.45) is 3.79. The first-order chi connectivity index (χ1) is 10.9. The Morgan fingerprint density at radius 2 is 1.92 bits per heavy atom. The number of nitrogens with zero attached hydrogens (tertiary/aromatic N) is 3. The molecule has 0 N–H and O–H groups in total. The van der Waals surface area contributed by atoms with Crippen molar-refractivity contribution in [3.63, 3.8) is 0 Å². The summed E-state index contributed by atoms with van der Waals surface area (Å²) < 4.78 is 15.1. The molecule has 0 spiro atoms. The van der Waals surface area contributed by atoms with Gasteiger partial charge in [0.25, 0.3) is 5.69 Å². The van der Waals surface area contributed by atoms with E-state index in [1.54, 1.807) is 7.05 Å². The lowest BCUT2D eigenvalue weighted by atomic mass is 10.1. The lowest BCUT2D eigenvalue weighted by Crippen LogP contribution is -3.00. The Hall–Kier alpha value is -2.65. The Kier molecular flexibility index (Phi) is 6.27. The van der Waals surface area contributed by atoms with E-state index in [4.69, 9.17) is 14.2 Å². The van der Waals surface area contributed by atoms with Crippen molar-refractivity contribution in [2.24, 2.45) is 4.99 Å². The predicted molar refractivity (Wildman–Crippen MR) is 80.2 cm³/mol. The highest BCUT2D eigenvalue weighted by Gasteiger charge is 2.33. The topological polar surface area (TPSA) is 100 Å². The number of ether oxygens (including phenoxy) is 3. The second-order valence-corrected chi connectivity index (χ2v) is 4.86. The number of rotatable bonds is 5. The Morgan fingerprint density at radius 1 is 1.29 bits per heavy atom. The maximum atomic E-state index is 12.1. The molecule has 2 rings (SSSR count). The fourth-order valence-corrected chi connectivity index (χ4v) is 1.97. The molecule has 9 nitrogen and oxygen atoms in total. The van der Waals surface area contributed by atoms with Crippen LogP contribution >= 0.6 is 0 Å². The van der Waals surface area contributed by atoms with Crippen LogP contribution in [0.15, 0.2) is 29.5 Å². The number of hydrogen-bond acceptors (Lipinski definition) is 7. The molecule has 0 aromatic heterocycles. The highest BCUT2D eigenvalue weighted by atomic mass is 35.5. The molecule has 1 unspecified atom stereocenters. The van der Waals surface area contributed by atoms with Gasteiger partial charge in [-0.3, -0.25) is 10.1 Å². The van der Waals surface area contributed by atoms with Gasteiger partial charge in [0.2, 0.25) is 6.34 Å². The summed E-state index contributed by atoms with van der Waals surface area (Å²) in [5.41, 5.74) is -0.0172. The Labute approximate surface area is 144 Å². The zero-order chi connectivity index (χ0) is 17.0. The van der Waals surface area contributed by atoms with E-state index in [0.717, 1.165) is 0 Å². The summed E-state index contributed by atoms with van der Waals surface area (Å²) in [6, 6.07) is 2.65. The van der Waals surface area contributed by atoms with Crippen molar-refractivity contribution < 1.29 is 40.8 Å². The average Bonchev–Trinajstić information content (AvgIpc) is 2.99. The average molecular weight is 358 g/mol. The van der Waals surface area contributed by atoms with Crippen LogP contribution in [0.25, 0.3) is 0 Å². The van der Waals surface area contributed by atoms with Gasteiger partial charge >= 0.3 is 6.09 Å². The quantitative estimate of drug-likeness (QED) is 0.389. The summed E-state index contributed by atoms with van der Waals surface area (Å²) >= 11 is 0. The first-order valence-electron chi connectivity index (χ1n) is 6.56. The molecule has 0 fully saturated rings. The van der Waals surface area contributed by atoms with Crippen molar-refractivity contribution >= 4 is 18.1 Å². The van der Waals surface area contributed by atoms with Crippen LogP contribution in [-0.4, -0.2) is 43.1 Å². The van der Waals surface area contributed by atoms with Crippen molar-refractivity contribution in [3.8, 4) is 11.5 Å². The van der Waals surface area contributed by atoms with Gasteiger partial charge in [0.05, 0.1) is 44.0 Å². The minimum Gasteiger partial charge on any atom is -1.00 e. The summed E-state index contributed by atoms with van der Waals surface area (Å²) in [5, 5.41) is 11.2. The molecule has 1 amide bonds. The van der Waals surface area contributed by atoms with Crippen molar-refractivity contribution in [3.05, 3.63) is 40.2 Å². The van der Waals surface area contributed by atoms with Gasteiger partial charge < -0.3 is 26.6 Å². The van der Waals surface area contributed by atoms with E-state index in [0.29, 0.717) is 5.75 Å². The highest BCUT2D eigenvalue weighted by Crippen LogP contribution is 2.35. The largest absolute Gasteiger partial charge is 1.00 e. The Morgan fingerprint density at radius 3 is 2.42 bits per heavy atom. The second kappa shape index (κ2) is 7.75. The molecule has 24 heavy (non-hydrogen) atoms. The van der Waals surface area contributed by atoms with Crippen LogP contribution in [0.5, 0.6) is 11.5 Å². The zero-order valence-electron chi connectivity index (χ0n) is 13.3. The van der Waals surface area contributed by atoms with Gasteiger partial charge in [-0.1, -0.05) is 0 Å². The normalized spacial score (nSPS) is 18.0. The maximum absolute atomic E-state index is 12.1. The van der Waals surface area contributed by atoms with Crippen molar-refractivity contribution in [1.29, 1.82) is 0 Å². The minimum atomic E-state index is -0.605. The van der Waals surface area contributed by atoms with Crippen LogP contribution in [0.2, 0.25) is 0 Å². The summed E-state index contributed by atoms with van der Waals surface area (Å²) in [7, 11) is 4.38. The molecule has 1 aliphatic rings. The van der Waals surface area contributed by atoms with Gasteiger partial charge in [-0.15, -0.1) is 0 Å². The number of amides is 1. The molecule has 1 aromatic rings. The monoisotopic (exact) mass is 357 g/mol. The number of halogens is 1. The number of nitro groups is 1. The summed E-state index contributed by atoms with van der Waals surface area (Å²) in [5.74, 6) is 0.537. The number of aliphatic imine (C=N–C) groups is 1. The number of carbonyl (C=O) groups excluding carboxylic acids is 1. The van der Waals surface area contributed by atoms with E-state index in [1.165, 1.54) is 45.1 Å². The smallest absolute Gasteiger partial charge is 0.526 e. The van der Waals surface area contributed by atoms with Crippen molar-refractivity contribution in [2.75, 3.05) is 21.3 Å². The minimum absolute atomic E-state index is 0. The first-order valence-corrected chi connectivity index (χ1v) is 6.56. The molecule has 0 radical (unpaired) electrons. The van der Waals surface area contributed by atoms with Gasteiger partial charge in [0.15, 0.2) is 11.5 Å². The highest BCUT2D eigenvalue weighted by molar-refractivity contribution is 5.73. The van der Waals surface area contributed by atoms with Crippen LogP contribution in [0.4, 0.5) is 10.5 Å². The molecule has 10 heteroatoms. The number of benzene rings is 1. The van der Waals surface area contributed by atoms with Gasteiger partial charge in [0.1, 0.15) is 12.8 Å². The van der Waals surface area contributed by atoms with Crippen LogP contribution in [0.3, 0.4) is 0 Å². The van der Waals surface area contributed by atoms with E-state index in [9.17, 15) is 14.9 Å². The van der Waals surface area contributed by atoms with E-state index in [2.05, 4.69) is 4.99 Å². The Balaban J connectivity index is 0.00000288. The van der Waals surface area contributed by atoms with Crippen molar-refractivity contribution in [2.45, 2.75) is 6.61 Å². The van der Waals surface area contributed by atoms with Crippen LogP contribution < -0.4 is 21.9 Å². The third kappa shape index (κ3) is 3.81. The zero-order valence-corrected chi connectivity index (χ0v) is 14.0. The van der Waals surface area contributed by atoms with Gasteiger partial charge in [-0.25, -0.2) is 4.99 Å². The SMILES string of the molecule is COc1cc(COC(=O)[N+]2(C)C=CN=C2)c([N+](=O)[O-])cc1OC.[Cl-]. The van der Waals surface area contributed by atoms with E-state index in [-0.39, 0.29) is 40.5 Å². The lowest BCUT2D eigenvalue weighted by Gasteiger charge is -2.17. The fourth-order valence-electron chi connectivity index (χ4n) is 1.97. The van der Waals surface area contributed by atoms with Crippen molar-refractivity contribution in [1.82, 2.24) is 0 Å².